The monoisotopic (exact) mass is 357 g/mol. The van der Waals surface area contributed by atoms with E-state index in [4.69, 9.17) is 0 Å². The Morgan fingerprint density at radius 3 is 2.54 bits per heavy atom. The Bertz CT molecular complexity index is 591. The van der Waals surface area contributed by atoms with Gasteiger partial charge in [0.25, 0.3) is 0 Å². The van der Waals surface area contributed by atoms with E-state index in [1.165, 1.54) is 0 Å². The normalized spacial score (nSPS) is 22.7. The minimum absolute atomic E-state index is 0.0596. The maximum atomic E-state index is 12.9. The molecule has 142 valence electrons. The first-order valence-corrected chi connectivity index (χ1v) is 10.0. The van der Waals surface area contributed by atoms with Crippen LogP contribution in [-0.2, 0) is 9.59 Å². The smallest absolute Gasteiger partial charge is 0.230 e. The molecule has 2 saturated heterocycles. The zero-order valence-corrected chi connectivity index (χ0v) is 15.7. The van der Waals surface area contributed by atoms with E-state index in [2.05, 4.69) is 17.6 Å². The van der Waals surface area contributed by atoms with Crippen LogP contribution in [0.3, 0.4) is 0 Å². The third-order valence-electron chi connectivity index (χ3n) is 5.73. The molecule has 26 heavy (non-hydrogen) atoms. The predicted octanol–water partition coefficient (Wildman–Crippen LogP) is 2.29. The molecule has 2 fully saturated rings. The zero-order valence-electron chi connectivity index (χ0n) is 15.7. The van der Waals surface area contributed by atoms with Crippen LogP contribution in [-0.4, -0.2) is 48.9 Å². The van der Waals surface area contributed by atoms with Gasteiger partial charge in [-0.2, -0.15) is 0 Å². The van der Waals surface area contributed by atoms with Crippen molar-refractivity contribution in [1.82, 2.24) is 15.5 Å². The summed E-state index contributed by atoms with van der Waals surface area (Å²) in [6.07, 6.45) is 4.56. The second-order valence-corrected chi connectivity index (χ2v) is 7.52. The summed E-state index contributed by atoms with van der Waals surface area (Å²) in [7, 11) is 0. The summed E-state index contributed by atoms with van der Waals surface area (Å²) >= 11 is 0. The highest BCUT2D eigenvalue weighted by Gasteiger charge is 2.30. The largest absolute Gasteiger partial charge is 0.353 e. The zero-order chi connectivity index (χ0) is 18.4. The topological polar surface area (TPSA) is 61.4 Å². The summed E-state index contributed by atoms with van der Waals surface area (Å²) in [5.41, 5.74) is 1.10. The highest BCUT2D eigenvalue weighted by atomic mass is 16.2. The second kappa shape index (κ2) is 9.17. The molecule has 3 rings (SSSR count). The van der Waals surface area contributed by atoms with E-state index in [-0.39, 0.29) is 29.7 Å². The lowest BCUT2D eigenvalue weighted by Crippen LogP contribution is -2.50. The summed E-state index contributed by atoms with van der Waals surface area (Å²) in [5, 5.41) is 6.50. The first-order valence-electron chi connectivity index (χ1n) is 10.0. The van der Waals surface area contributed by atoms with Crippen molar-refractivity contribution >= 4 is 11.8 Å². The van der Waals surface area contributed by atoms with E-state index in [0.717, 1.165) is 63.8 Å². The number of carbonyl (C=O) groups excluding carboxylic acids is 2. The molecule has 0 bridgehead atoms. The lowest BCUT2D eigenvalue weighted by molar-refractivity contribution is -0.134. The lowest BCUT2D eigenvalue weighted by Gasteiger charge is -2.35. The molecule has 0 aromatic heterocycles. The van der Waals surface area contributed by atoms with Crippen LogP contribution in [0.15, 0.2) is 30.3 Å². The van der Waals surface area contributed by atoms with Crippen LogP contribution < -0.4 is 10.6 Å². The highest BCUT2D eigenvalue weighted by molar-refractivity contribution is 5.84. The number of carbonyl (C=O) groups is 2. The number of likely N-dealkylation sites (tertiary alicyclic amines) is 1. The van der Waals surface area contributed by atoms with Crippen LogP contribution >= 0.6 is 0 Å². The van der Waals surface area contributed by atoms with Crippen molar-refractivity contribution in [2.24, 2.45) is 5.92 Å². The van der Waals surface area contributed by atoms with Crippen LogP contribution in [0.4, 0.5) is 0 Å². The van der Waals surface area contributed by atoms with E-state index in [1.54, 1.807) is 0 Å². The summed E-state index contributed by atoms with van der Waals surface area (Å²) in [6.45, 7) is 5.34. The number of amides is 2. The van der Waals surface area contributed by atoms with E-state index >= 15 is 0 Å². The first kappa shape index (κ1) is 18.9. The van der Waals surface area contributed by atoms with Gasteiger partial charge in [0.2, 0.25) is 11.8 Å². The number of piperidine rings is 2. The molecule has 0 spiro atoms. The minimum atomic E-state index is -0.0596. The van der Waals surface area contributed by atoms with E-state index in [9.17, 15) is 9.59 Å². The third-order valence-corrected chi connectivity index (χ3v) is 5.73. The molecule has 5 heteroatoms. The van der Waals surface area contributed by atoms with Gasteiger partial charge in [-0.3, -0.25) is 9.59 Å². The summed E-state index contributed by atoms with van der Waals surface area (Å²) < 4.78 is 0. The van der Waals surface area contributed by atoms with Crippen molar-refractivity contribution in [2.75, 3.05) is 26.2 Å². The summed E-state index contributed by atoms with van der Waals surface area (Å²) in [5.74, 6) is 0.444. The van der Waals surface area contributed by atoms with Crippen molar-refractivity contribution in [1.29, 1.82) is 0 Å². The fourth-order valence-corrected chi connectivity index (χ4v) is 4.10. The van der Waals surface area contributed by atoms with Crippen LogP contribution in [0.2, 0.25) is 0 Å². The fraction of sp³-hybridized carbons (Fsp3) is 0.619. The Balaban J connectivity index is 1.49. The quantitative estimate of drug-likeness (QED) is 0.850. The van der Waals surface area contributed by atoms with Gasteiger partial charge in [0.05, 0.1) is 11.8 Å². The van der Waals surface area contributed by atoms with Crippen molar-refractivity contribution in [2.45, 2.75) is 51.0 Å². The van der Waals surface area contributed by atoms with Gasteiger partial charge in [0.15, 0.2) is 0 Å². The SMILES string of the molecule is CCC(C(=O)N1CCC(NC(=O)C2CCCNC2)CC1)c1ccccc1. The van der Waals surface area contributed by atoms with E-state index in [0.29, 0.717) is 0 Å². The molecule has 2 atom stereocenters. The Morgan fingerprint density at radius 1 is 1.19 bits per heavy atom. The van der Waals surface area contributed by atoms with Gasteiger partial charge in [-0.05, 0) is 44.2 Å². The summed E-state index contributed by atoms with van der Waals surface area (Å²) in [4.78, 5) is 27.3. The maximum absolute atomic E-state index is 12.9. The van der Waals surface area contributed by atoms with Gasteiger partial charge < -0.3 is 15.5 Å². The molecule has 0 radical (unpaired) electrons. The molecular weight excluding hydrogens is 326 g/mol. The Kier molecular flexibility index (Phi) is 6.67. The lowest BCUT2D eigenvalue weighted by atomic mass is 9.93. The first-order chi connectivity index (χ1) is 12.7. The second-order valence-electron chi connectivity index (χ2n) is 7.52. The Hall–Kier alpha value is -1.88. The standard InChI is InChI=1S/C21H31N3O2/c1-2-19(16-7-4-3-5-8-16)21(26)24-13-10-18(11-14-24)23-20(25)17-9-6-12-22-15-17/h3-5,7-8,17-19,22H,2,6,9-15H2,1H3,(H,23,25). The van der Waals surface area contributed by atoms with Crippen LogP contribution in [0.25, 0.3) is 0 Å². The van der Waals surface area contributed by atoms with Crippen molar-refractivity contribution in [3.8, 4) is 0 Å². The number of hydrogen-bond acceptors (Lipinski definition) is 3. The molecule has 2 N–H and O–H groups in total. The molecule has 1 aromatic carbocycles. The number of hydrogen-bond donors (Lipinski definition) is 2. The van der Waals surface area contributed by atoms with Crippen molar-refractivity contribution in [3.05, 3.63) is 35.9 Å². The number of rotatable bonds is 5. The van der Waals surface area contributed by atoms with Crippen LogP contribution in [0, 0.1) is 5.92 Å². The van der Waals surface area contributed by atoms with E-state index < -0.39 is 0 Å². The molecule has 0 aliphatic carbocycles. The number of nitrogens with one attached hydrogen (secondary N) is 2. The average molecular weight is 357 g/mol. The highest BCUT2D eigenvalue weighted by Crippen LogP contribution is 2.24. The van der Waals surface area contributed by atoms with Crippen molar-refractivity contribution in [3.63, 3.8) is 0 Å². The molecule has 2 aliphatic heterocycles. The van der Waals surface area contributed by atoms with Crippen LogP contribution in [0.1, 0.15) is 50.5 Å². The number of benzene rings is 1. The predicted molar refractivity (Wildman–Crippen MR) is 103 cm³/mol. The molecule has 2 unspecified atom stereocenters. The molecule has 2 aliphatic rings. The van der Waals surface area contributed by atoms with Gasteiger partial charge >= 0.3 is 0 Å². The molecule has 1 aromatic rings. The Morgan fingerprint density at radius 2 is 1.92 bits per heavy atom. The van der Waals surface area contributed by atoms with Gasteiger partial charge in [0, 0.05) is 25.7 Å². The Labute approximate surface area is 156 Å². The molecule has 0 saturated carbocycles. The van der Waals surface area contributed by atoms with Gasteiger partial charge in [0.1, 0.15) is 0 Å². The molecule has 5 nitrogen and oxygen atoms in total. The average Bonchev–Trinajstić information content (AvgIpc) is 2.70. The number of nitrogens with zero attached hydrogens (tertiary/aromatic N) is 1. The van der Waals surface area contributed by atoms with Crippen LogP contribution in [0.5, 0.6) is 0 Å². The van der Waals surface area contributed by atoms with Gasteiger partial charge in [-0.15, -0.1) is 0 Å². The minimum Gasteiger partial charge on any atom is -0.353 e. The molecular formula is C21H31N3O2. The summed E-state index contributed by atoms with van der Waals surface area (Å²) in [6, 6.07) is 10.2. The molecule has 2 amide bonds. The molecule has 2 heterocycles. The van der Waals surface area contributed by atoms with E-state index in [1.807, 2.05) is 35.2 Å². The van der Waals surface area contributed by atoms with Gasteiger partial charge in [-0.25, -0.2) is 0 Å². The van der Waals surface area contributed by atoms with Gasteiger partial charge in [-0.1, -0.05) is 37.3 Å². The fourth-order valence-electron chi connectivity index (χ4n) is 4.10. The maximum Gasteiger partial charge on any atom is 0.230 e. The van der Waals surface area contributed by atoms with Crippen molar-refractivity contribution < 1.29 is 9.59 Å². The third kappa shape index (κ3) is 4.64.